The van der Waals surface area contributed by atoms with Crippen LogP contribution in [0.5, 0.6) is 5.75 Å². The first-order chi connectivity index (χ1) is 11.1. The molecule has 2 aliphatic heterocycles. The van der Waals surface area contributed by atoms with Crippen molar-refractivity contribution in [3.8, 4) is 5.75 Å². The van der Waals surface area contributed by atoms with Crippen LogP contribution in [0.2, 0.25) is 0 Å². The van der Waals surface area contributed by atoms with Gasteiger partial charge in [-0.15, -0.1) is 0 Å². The van der Waals surface area contributed by atoms with Gasteiger partial charge in [-0.1, -0.05) is 17.7 Å². The Morgan fingerprint density at radius 1 is 1.13 bits per heavy atom. The van der Waals surface area contributed by atoms with Crippen LogP contribution >= 0.6 is 0 Å². The lowest BCUT2D eigenvalue weighted by Gasteiger charge is -2.39. The number of ether oxygens (including phenoxy) is 1. The van der Waals surface area contributed by atoms with Crippen LogP contribution in [0.25, 0.3) is 0 Å². The van der Waals surface area contributed by atoms with Gasteiger partial charge in [0.2, 0.25) is 5.91 Å². The maximum Gasteiger partial charge on any atom is 0.224 e. The first-order valence-corrected chi connectivity index (χ1v) is 8.52. The smallest absolute Gasteiger partial charge is 0.224 e. The number of carbonyl (C=O) groups excluding carboxylic acids is 1. The van der Waals surface area contributed by atoms with Crippen molar-refractivity contribution < 1.29 is 9.53 Å². The Kier molecular flexibility index (Phi) is 5.18. The quantitative estimate of drug-likeness (QED) is 0.818. The molecule has 5 nitrogen and oxygen atoms in total. The molecule has 2 saturated heterocycles. The Morgan fingerprint density at radius 2 is 1.78 bits per heavy atom. The van der Waals surface area contributed by atoms with Crippen molar-refractivity contribution in [1.29, 1.82) is 0 Å². The van der Waals surface area contributed by atoms with E-state index < -0.39 is 0 Å². The van der Waals surface area contributed by atoms with Crippen LogP contribution in [0.15, 0.2) is 24.3 Å². The summed E-state index contributed by atoms with van der Waals surface area (Å²) in [6, 6.07) is 8.08. The molecule has 0 bridgehead atoms. The molecule has 3 rings (SSSR count). The summed E-state index contributed by atoms with van der Waals surface area (Å²) in [7, 11) is 2.15. The zero-order chi connectivity index (χ0) is 16.2. The molecule has 0 N–H and O–H groups in total. The minimum atomic E-state index is 0.144. The third kappa shape index (κ3) is 4.45. The Labute approximate surface area is 138 Å². The Morgan fingerprint density at radius 3 is 2.43 bits per heavy atom. The first-order valence-electron chi connectivity index (χ1n) is 8.52. The number of amides is 1. The number of hydrogen-bond donors (Lipinski definition) is 0. The van der Waals surface area contributed by atoms with Crippen LogP contribution in [0.1, 0.15) is 12.0 Å². The standard InChI is InChI=1S/C18H27N3O2/c1-15-3-5-16(6-4-15)23-17-13-21(14-17)18(22)7-8-20-11-9-19(2)10-12-20/h3-6,17H,7-14H2,1-2H3. The number of aryl methyl sites for hydroxylation is 1. The molecule has 1 aromatic carbocycles. The predicted octanol–water partition coefficient (Wildman–Crippen LogP) is 1.22. The number of benzene rings is 1. The van der Waals surface area contributed by atoms with E-state index in [1.165, 1.54) is 5.56 Å². The Balaban J connectivity index is 1.34. The minimum absolute atomic E-state index is 0.144. The highest BCUT2D eigenvalue weighted by molar-refractivity contribution is 5.77. The highest BCUT2D eigenvalue weighted by atomic mass is 16.5. The molecule has 1 amide bonds. The monoisotopic (exact) mass is 317 g/mol. The number of rotatable bonds is 5. The zero-order valence-electron chi connectivity index (χ0n) is 14.2. The molecule has 0 aromatic heterocycles. The molecule has 0 atom stereocenters. The van der Waals surface area contributed by atoms with Gasteiger partial charge in [0, 0.05) is 39.1 Å². The molecule has 2 heterocycles. The first kappa shape index (κ1) is 16.3. The normalized spacial score (nSPS) is 20.3. The van der Waals surface area contributed by atoms with Crippen molar-refractivity contribution in [3.05, 3.63) is 29.8 Å². The van der Waals surface area contributed by atoms with Crippen molar-refractivity contribution in [2.24, 2.45) is 0 Å². The van der Waals surface area contributed by atoms with E-state index >= 15 is 0 Å². The SMILES string of the molecule is Cc1ccc(OC2CN(C(=O)CCN3CCN(C)CC3)C2)cc1. The van der Waals surface area contributed by atoms with Gasteiger partial charge in [0.1, 0.15) is 11.9 Å². The van der Waals surface area contributed by atoms with Gasteiger partial charge in [-0.25, -0.2) is 0 Å². The largest absolute Gasteiger partial charge is 0.487 e. The number of carbonyl (C=O) groups is 1. The lowest BCUT2D eigenvalue weighted by Crippen LogP contribution is -2.56. The van der Waals surface area contributed by atoms with Gasteiger partial charge in [0.05, 0.1) is 13.1 Å². The fourth-order valence-electron chi connectivity index (χ4n) is 3.01. The molecule has 126 valence electrons. The summed E-state index contributed by atoms with van der Waals surface area (Å²) in [5.74, 6) is 1.15. The molecule has 0 aliphatic carbocycles. The second kappa shape index (κ2) is 7.32. The van der Waals surface area contributed by atoms with Gasteiger partial charge in [-0.2, -0.15) is 0 Å². The van der Waals surface area contributed by atoms with Gasteiger partial charge in [0.25, 0.3) is 0 Å². The highest BCUT2D eigenvalue weighted by Gasteiger charge is 2.32. The van der Waals surface area contributed by atoms with Gasteiger partial charge >= 0.3 is 0 Å². The molecular weight excluding hydrogens is 290 g/mol. The number of hydrogen-bond acceptors (Lipinski definition) is 4. The van der Waals surface area contributed by atoms with Gasteiger partial charge in [0.15, 0.2) is 0 Å². The van der Waals surface area contributed by atoms with E-state index in [2.05, 4.69) is 23.8 Å². The maximum absolute atomic E-state index is 12.2. The average molecular weight is 317 g/mol. The van der Waals surface area contributed by atoms with Gasteiger partial charge < -0.3 is 19.4 Å². The molecule has 23 heavy (non-hydrogen) atoms. The van der Waals surface area contributed by atoms with Crippen molar-refractivity contribution in [2.75, 3.05) is 52.9 Å². The molecule has 0 radical (unpaired) electrons. The van der Waals surface area contributed by atoms with Crippen molar-refractivity contribution >= 4 is 5.91 Å². The predicted molar refractivity (Wildman–Crippen MR) is 90.7 cm³/mol. The Hall–Kier alpha value is -1.59. The second-order valence-electron chi connectivity index (χ2n) is 6.75. The van der Waals surface area contributed by atoms with E-state index in [1.807, 2.05) is 29.2 Å². The molecular formula is C18H27N3O2. The van der Waals surface area contributed by atoms with Crippen LogP contribution in [0.3, 0.4) is 0 Å². The lowest BCUT2D eigenvalue weighted by molar-refractivity contribution is -0.140. The topological polar surface area (TPSA) is 36.0 Å². The number of nitrogens with zero attached hydrogens (tertiary/aromatic N) is 3. The molecule has 5 heteroatoms. The van der Waals surface area contributed by atoms with Crippen molar-refractivity contribution in [1.82, 2.24) is 14.7 Å². The molecule has 2 aliphatic rings. The third-order valence-corrected chi connectivity index (χ3v) is 4.76. The third-order valence-electron chi connectivity index (χ3n) is 4.76. The summed E-state index contributed by atoms with van der Waals surface area (Å²) in [4.78, 5) is 18.8. The molecule has 0 saturated carbocycles. The molecule has 0 unspecified atom stereocenters. The van der Waals surface area contributed by atoms with Crippen LogP contribution in [-0.4, -0.2) is 79.6 Å². The van der Waals surface area contributed by atoms with E-state index in [0.29, 0.717) is 6.42 Å². The summed E-state index contributed by atoms with van der Waals surface area (Å²) >= 11 is 0. The maximum atomic E-state index is 12.2. The van der Waals surface area contributed by atoms with Gasteiger partial charge in [-0.05, 0) is 26.1 Å². The van der Waals surface area contributed by atoms with Crippen LogP contribution < -0.4 is 4.74 Å². The fourth-order valence-corrected chi connectivity index (χ4v) is 3.01. The summed E-state index contributed by atoms with van der Waals surface area (Å²) < 4.78 is 5.88. The van der Waals surface area contributed by atoms with E-state index in [-0.39, 0.29) is 12.0 Å². The van der Waals surface area contributed by atoms with Crippen molar-refractivity contribution in [3.63, 3.8) is 0 Å². The van der Waals surface area contributed by atoms with Crippen LogP contribution in [-0.2, 0) is 4.79 Å². The summed E-state index contributed by atoms with van der Waals surface area (Å²) in [6.07, 6.45) is 0.770. The second-order valence-corrected chi connectivity index (χ2v) is 6.75. The van der Waals surface area contributed by atoms with E-state index in [9.17, 15) is 4.79 Å². The summed E-state index contributed by atoms with van der Waals surface area (Å²) in [6.45, 7) is 8.73. The molecule has 1 aromatic rings. The number of likely N-dealkylation sites (tertiary alicyclic amines) is 1. The van der Waals surface area contributed by atoms with Gasteiger partial charge in [-0.3, -0.25) is 4.79 Å². The van der Waals surface area contributed by atoms with E-state index in [0.717, 1.165) is 51.6 Å². The average Bonchev–Trinajstić information content (AvgIpc) is 2.51. The minimum Gasteiger partial charge on any atom is -0.487 e. The van der Waals surface area contributed by atoms with E-state index in [1.54, 1.807) is 0 Å². The van der Waals surface area contributed by atoms with E-state index in [4.69, 9.17) is 4.74 Å². The lowest BCUT2D eigenvalue weighted by atomic mass is 10.1. The number of piperazine rings is 1. The highest BCUT2D eigenvalue weighted by Crippen LogP contribution is 2.19. The van der Waals surface area contributed by atoms with Crippen LogP contribution in [0, 0.1) is 6.92 Å². The van der Waals surface area contributed by atoms with Crippen molar-refractivity contribution in [2.45, 2.75) is 19.4 Å². The Bertz CT molecular complexity index is 518. The molecule has 0 spiro atoms. The zero-order valence-corrected chi connectivity index (χ0v) is 14.2. The number of likely N-dealkylation sites (N-methyl/N-ethyl adjacent to an activating group) is 1. The molecule has 2 fully saturated rings. The summed E-state index contributed by atoms with van der Waals surface area (Å²) in [5, 5.41) is 0. The van der Waals surface area contributed by atoms with Crippen LogP contribution in [0.4, 0.5) is 0 Å². The summed E-state index contributed by atoms with van der Waals surface area (Å²) in [5.41, 5.74) is 1.23. The fraction of sp³-hybridized carbons (Fsp3) is 0.611.